The maximum atomic E-state index is 5.85. The molecule has 0 aliphatic carbocycles. The van der Waals surface area contributed by atoms with Crippen molar-refractivity contribution in [1.29, 1.82) is 0 Å². The highest BCUT2D eigenvalue weighted by atomic mass is 32.1. The molecule has 0 spiro atoms. The van der Waals surface area contributed by atoms with E-state index >= 15 is 0 Å². The SMILES string of the molecule is CCc1cccc(OCCc2nc(CC)c(CNC)s2)c1. The van der Waals surface area contributed by atoms with E-state index in [2.05, 4.69) is 37.4 Å². The van der Waals surface area contributed by atoms with Crippen molar-refractivity contribution >= 4 is 11.3 Å². The van der Waals surface area contributed by atoms with E-state index in [1.165, 1.54) is 21.1 Å². The van der Waals surface area contributed by atoms with Crippen molar-refractivity contribution in [3.05, 3.63) is 45.4 Å². The number of nitrogens with one attached hydrogen (secondary N) is 1. The van der Waals surface area contributed by atoms with Gasteiger partial charge in [-0.15, -0.1) is 11.3 Å². The van der Waals surface area contributed by atoms with Gasteiger partial charge in [-0.3, -0.25) is 0 Å². The van der Waals surface area contributed by atoms with Gasteiger partial charge < -0.3 is 10.1 Å². The molecule has 4 heteroatoms. The summed E-state index contributed by atoms with van der Waals surface area (Å²) in [4.78, 5) is 6.06. The topological polar surface area (TPSA) is 34.1 Å². The predicted molar refractivity (Wildman–Crippen MR) is 89.3 cm³/mol. The molecular formula is C17H24N2OS. The fourth-order valence-electron chi connectivity index (χ4n) is 2.23. The molecule has 0 amide bonds. The van der Waals surface area contributed by atoms with Gasteiger partial charge in [-0.1, -0.05) is 26.0 Å². The Bertz CT molecular complexity index is 566. The summed E-state index contributed by atoms with van der Waals surface area (Å²) in [5.41, 5.74) is 2.53. The molecule has 0 fully saturated rings. The molecule has 0 saturated heterocycles. The van der Waals surface area contributed by atoms with Crippen LogP contribution in [-0.2, 0) is 25.8 Å². The third kappa shape index (κ3) is 4.55. The van der Waals surface area contributed by atoms with Gasteiger partial charge in [-0.2, -0.15) is 0 Å². The van der Waals surface area contributed by atoms with E-state index in [0.29, 0.717) is 6.61 Å². The monoisotopic (exact) mass is 304 g/mol. The minimum Gasteiger partial charge on any atom is -0.493 e. The van der Waals surface area contributed by atoms with Crippen molar-refractivity contribution in [2.75, 3.05) is 13.7 Å². The third-order valence-electron chi connectivity index (χ3n) is 3.39. The van der Waals surface area contributed by atoms with E-state index in [4.69, 9.17) is 9.72 Å². The lowest BCUT2D eigenvalue weighted by molar-refractivity contribution is 0.321. The summed E-state index contributed by atoms with van der Waals surface area (Å²) < 4.78 is 5.85. The Morgan fingerprint density at radius 1 is 1.24 bits per heavy atom. The molecule has 0 aliphatic heterocycles. The van der Waals surface area contributed by atoms with E-state index in [1.807, 2.05) is 13.1 Å². The second-order valence-corrected chi connectivity index (χ2v) is 6.13. The van der Waals surface area contributed by atoms with Crippen molar-refractivity contribution in [1.82, 2.24) is 10.3 Å². The van der Waals surface area contributed by atoms with Gasteiger partial charge in [0.05, 0.1) is 17.3 Å². The Hall–Kier alpha value is -1.39. The summed E-state index contributed by atoms with van der Waals surface area (Å²) in [6.07, 6.45) is 2.90. The van der Waals surface area contributed by atoms with E-state index < -0.39 is 0 Å². The number of aromatic nitrogens is 1. The van der Waals surface area contributed by atoms with Gasteiger partial charge in [0, 0.05) is 17.8 Å². The number of hydrogen-bond donors (Lipinski definition) is 1. The normalized spacial score (nSPS) is 10.8. The summed E-state index contributed by atoms with van der Waals surface area (Å²) in [5, 5.41) is 4.38. The van der Waals surface area contributed by atoms with Crippen LogP contribution in [0.4, 0.5) is 0 Å². The second-order valence-electron chi connectivity index (χ2n) is 4.96. The Balaban J connectivity index is 1.90. The van der Waals surface area contributed by atoms with Crippen LogP contribution in [0.15, 0.2) is 24.3 Å². The first-order chi connectivity index (χ1) is 10.3. The molecule has 0 atom stereocenters. The van der Waals surface area contributed by atoms with Gasteiger partial charge in [0.25, 0.3) is 0 Å². The molecule has 0 bridgehead atoms. The van der Waals surface area contributed by atoms with E-state index in [1.54, 1.807) is 11.3 Å². The van der Waals surface area contributed by atoms with Gasteiger partial charge in [0.15, 0.2) is 0 Å². The summed E-state index contributed by atoms with van der Waals surface area (Å²) in [6, 6.07) is 8.32. The molecule has 0 aliphatic rings. The van der Waals surface area contributed by atoms with Gasteiger partial charge in [-0.25, -0.2) is 4.98 Å². The first-order valence-electron chi connectivity index (χ1n) is 7.60. The molecule has 1 N–H and O–H groups in total. The fraction of sp³-hybridized carbons (Fsp3) is 0.471. The molecule has 2 aromatic rings. The van der Waals surface area contributed by atoms with Crippen molar-refractivity contribution < 1.29 is 4.74 Å². The lowest BCUT2D eigenvalue weighted by Gasteiger charge is -2.06. The van der Waals surface area contributed by atoms with E-state index in [-0.39, 0.29) is 0 Å². The van der Waals surface area contributed by atoms with Gasteiger partial charge >= 0.3 is 0 Å². The number of benzene rings is 1. The molecule has 1 aromatic carbocycles. The summed E-state index contributed by atoms with van der Waals surface area (Å²) >= 11 is 1.80. The van der Waals surface area contributed by atoms with Crippen LogP contribution in [0.5, 0.6) is 5.75 Å². The van der Waals surface area contributed by atoms with Crippen molar-refractivity contribution in [3.8, 4) is 5.75 Å². The van der Waals surface area contributed by atoms with Crippen LogP contribution >= 0.6 is 11.3 Å². The van der Waals surface area contributed by atoms with E-state index in [9.17, 15) is 0 Å². The minimum absolute atomic E-state index is 0.683. The first-order valence-corrected chi connectivity index (χ1v) is 8.42. The zero-order valence-electron chi connectivity index (χ0n) is 13.1. The molecule has 114 valence electrons. The maximum Gasteiger partial charge on any atom is 0.119 e. The van der Waals surface area contributed by atoms with Crippen LogP contribution in [0.1, 0.15) is 35.0 Å². The molecule has 3 nitrogen and oxygen atoms in total. The molecular weight excluding hydrogens is 280 g/mol. The lowest BCUT2D eigenvalue weighted by Crippen LogP contribution is -2.05. The number of nitrogens with zero attached hydrogens (tertiary/aromatic N) is 1. The number of rotatable bonds is 8. The van der Waals surface area contributed by atoms with Crippen molar-refractivity contribution in [2.45, 2.75) is 39.7 Å². The van der Waals surface area contributed by atoms with Gasteiger partial charge in [0.2, 0.25) is 0 Å². The first kappa shape index (κ1) is 16.0. The van der Waals surface area contributed by atoms with Crippen molar-refractivity contribution in [3.63, 3.8) is 0 Å². The van der Waals surface area contributed by atoms with Crippen molar-refractivity contribution in [2.24, 2.45) is 0 Å². The summed E-state index contributed by atoms with van der Waals surface area (Å²) in [5.74, 6) is 0.956. The minimum atomic E-state index is 0.683. The summed E-state index contributed by atoms with van der Waals surface area (Å²) in [6.45, 7) is 5.90. The highest BCUT2D eigenvalue weighted by Crippen LogP contribution is 2.20. The van der Waals surface area contributed by atoms with Gasteiger partial charge in [0.1, 0.15) is 5.75 Å². The van der Waals surface area contributed by atoms with E-state index in [0.717, 1.165) is 31.6 Å². The maximum absolute atomic E-state index is 5.85. The molecule has 0 radical (unpaired) electrons. The largest absolute Gasteiger partial charge is 0.493 e. The molecule has 1 heterocycles. The Kier molecular flexibility index (Phi) is 6.21. The molecule has 1 aromatic heterocycles. The van der Waals surface area contributed by atoms with Crippen LogP contribution in [-0.4, -0.2) is 18.6 Å². The quantitative estimate of drug-likeness (QED) is 0.809. The fourth-order valence-corrected chi connectivity index (χ4v) is 3.38. The Labute approximate surface area is 131 Å². The highest BCUT2D eigenvalue weighted by molar-refractivity contribution is 7.11. The molecule has 21 heavy (non-hydrogen) atoms. The molecule has 2 rings (SSSR count). The lowest BCUT2D eigenvalue weighted by atomic mass is 10.2. The zero-order chi connectivity index (χ0) is 15.1. The van der Waals surface area contributed by atoms with Crippen LogP contribution in [0.2, 0.25) is 0 Å². The second kappa shape index (κ2) is 8.15. The number of aryl methyl sites for hydroxylation is 2. The van der Waals surface area contributed by atoms with Crippen LogP contribution in [0.3, 0.4) is 0 Å². The Morgan fingerprint density at radius 3 is 2.81 bits per heavy atom. The number of thiazole rings is 1. The van der Waals surface area contributed by atoms with Crippen LogP contribution < -0.4 is 10.1 Å². The Morgan fingerprint density at radius 2 is 2.10 bits per heavy atom. The van der Waals surface area contributed by atoms with Crippen LogP contribution in [0, 0.1) is 0 Å². The highest BCUT2D eigenvalue weighted by Gasteiger charge is 2.09. The molecule has 0 saturated carbocycles. The average molecular weight is 304 g/mol. The third-order valence-corrected chi connectivity index (χ3v) is 4.54. The summed E-state index contributed by atoms with van der Waals surface area (Å²) in [7, 11) is 1.97. The standard InChI is InChI=1S/C17H24N2OS/c1-4-13-7-6-8-14(11-13)20-10-9-17-19-15(5-2)16(21-17)12-18-3/h6-8,11,18H,4-5,9-10,12H2,1-3H3. The number of ether oxygens (including phenoxy) is 1. The average Bonchev–Trinajstić information content (AvgIpc) is 2.90. The predicted octanol–water partition coefficient (Wildman–Crippen LogP) is 3.61. The van der Waals surface area contributed by atoms with Gasteiger partial charge in [-0.05, 0) is 37.6 Å². The van der Waals surface area contributed by atoms with Crippen LogP contribution in [0.25, 0.3) is 0 Å². The smallest absolute Gasteiger partial charge is 0.119 e. The zero-order valence-corrected chi connectivity index (χ0v) is 13.9. The number of hydrogen-bond acceptors (Lipinski definition) is 4. The molecule has 0 unspecified atom stereocenters.